The molecule has 0 bridgehead atoms. The van der Waals surface area contributed by atoms with Crippen LogP contribution >= 0.6 is 11.3 Å². The van der Waals surface area contributed by atoms with Crippen molar-refractivity contribution in [2.75, 3.05) is 11.9 Å². The number of hydrogen-bond acceptors (Lipinski definition) is 4. The highest BCUT2D eigenvalue weighted by Crippen LogP contribution is 2.21. The molecule has 0 aliphatic rings. The number of anilines is 2. The normalized spacial score (nSPS) is 10.7. The van der Waals surface area contributed by atoms with Gasteiger partial charge >= 0.3 is 0 Å². The number of nitrogens with zero attached hydrogens (tertiary/aromatic N) is 1. The van der Waals surface area contributed by atoms with Gasteiger partial charge in [-0.2, -0.15) is 0 Å². The number of nitrogens with one attached hydrogen (secondary N) is 2. The Bertz CT molecular complexity index is 605. The monoisotopic (exact) mass is 317 g/mol. The molecule has 2 rings (SSSR count). The summed E-state index contributed by atoms with van der Waals surface area (Å²) in [7, 11) is 0. The van der Waals surface area contributed by atoms with Crippen LogP contribution in [0, 0.1) is 5.92 Å². The van der Waals surface area contributed by atoms with Crippen molar-refractivity contribution < 1.29 is 4.79 Å². The van der Waals surface area contributed by atoms with Crippen molar-refractivity contribution in [3.8, 4) is 0 Å². The van der Waals surface area contributed by atoms with Gasteiger partial charge in [0.1, 0.15) is 0 Å². The molecule has 2 N–H and O–H groups in total. The lowest BCUT2D eigenvalue weighted by atomic mass is 10.1. The van der Waals surface area contributed by atoms with Gasteiger partial charge in [-0.1, -0.05) is 32.9 Å². The standard InChI is InChI=1S/C17H23N3OS/c1-4-13-5-7-14(8-6-13)19-17-20-15(11-22-17)9-16(21)18-10-12(2)3/h5-8,11-12H,4,9-10H2,1-3H3,(H,18,21)(H,19,20). The molecule has 2 aromatic rings. The van der Waals surface area contributed by atoms with E-state index in [4.69, 9.17) is 0 Å². The van der Waals surface area contributed by atoms with Gasteiger partial charge in [0.2, 0.25) is 5.91 Å². The van der Waals surface area contributed by atoms with Crippen molar-refractivity contribution in [1.29, 1.82) is 0 Å². The summed E-state index contributed by atoms with van der Waals surface area (Å²) in [6, 6.07) is 8.32. The Morgan fingerprint density at radius 1 is 1.27 bits per heavy atom. The van der Waals surface area contributed by atoms with Crippen LogP contribution in [0.4, 0.5) is 10.8 Å². The van der Waals surface area contributed by atoms with Crippen LogP contribution in [0.5, 0.6) is 0 Å². The van der Waals surface area contributed by atoms with Crippen LogP contribution in [0.1, 0.15) is 32.0 Å². The van der Waals surface area contributed by atoms with E-state index in [1.807, 2.05) is 5.38 Å². The van der Waals surface area contributed by atoms with Crippen LogP contribution in [0.15, 0.2) is 29.6 Å². The Morgan fingerprint density at radius 3 is 2.64 bits per heavy atom. The molecule has 118 valence electrons. The summed E-state index contributed by atoms with van der Waals surface area (Å²) < 4.78 is 0. The number of thiazole rings is 1. The quantitative estimate of drug-likeness (QED) is 0.817. The van der Waals surface area contributed by atoms with Crippen LogP contribution in [0.3, 0.4) is 0 Å². The molecule has 0 aliphatic heterocycles. The summed E-state index contributed by atoms with van der Waals surface area (Å²) in [5, 5.41) is 8.93. The van der Waals surface area contributed by atoms with E-state index >= 15 is 0 Å². The highest BCUT2D eigenvalue weighted by atomic mass is 32.1. The second kappa shape index (κ2) is 7.94. The Balaban J connectivity index is 1.89. The van der Waals surface area contributed by atoms with Gasteiger partial charge in [-0.25, -0.2) is 4.98 Å². The van der Waals surface area contributed by atoms with Crippen LogP contribution in [0.25, 0.3) is 0 Å². The molecule has 1 amide bonds. The number of benzene rings is 1. The summed E-state index contributed by atoms with van der Waals surface area (Å²) in [6.45, 7) is 7.00. The van der Waals surface area contributed by atoms with Gasteiger partial charge in [0.15, 0.2) is 5.13 Å². The molecule has 4 nitrogen and oxygen atoms in total. The summed E-state index contributed by atoms with van der Waals surface area (Å²) in [4.78, 5) is 16.2. The summed E-state index contributed by atoms with van der Waals surface area (Å²) in [6.07, 6.45) is 1.37. The first-order valence-electron chi connectivity index (χ1n) is 7.64. The fourth-order valence-corrected chi connectivity index (χ4v) is 2.67. The Labute approximate surface area is 136 Å². The number of aromatic nitrogens is 1. The largest absolute Gasteiger partial charge is 0.356 e. The Hall–Kier alpha value is -1.88. The van der Waals surface area contributed by atoms with Gasteiger partial charge in [-0.15, -0.1) is 11.3 Å². The van der Waals surface area contributed by atoms with Gasteiger partial charge in [-0.3, -0.25) is 4.79 Å². The second-order valence-corrected chi connectivity index (χ2v) is 6.55. The fourth-order valence-electron chi connectivity index (χ4n) is 1.94. The average molecular weight is 317 g/mol. The highest BCUT2D eigenvalue weighted by molar-refractivity contribution is 7.13. The minimum Gasteiger partial charge on any atom is -0.356 e. The molecule has 0 spiro atoms. The molecular weight excluding hydrogens is 294 g/mol. The third kappa shape index (κ3) is 5.15. The van der Waals surface area contributed by atoms with Crippen molar-refractivity contribution in [3.63, 3.8) is 0 Å². The van der Waals surface area contributed by atoms with E-state index in [1.165, 1.54) is 16.9 Å². The van der Waals surface area contributed by atoms with E-state index in [-0.39, 0.29) is 5.91 Å². The molecule has 1 aromatic heterocycles. The molecule has 22 heavy (non-hydrogen) atoms. The van der Waals surface area contributed by atoms with Crippen LogP contribution in [-0.2, 0) is 17.6 Å². The number of aryl methyl sites for hydroxylation is 1. The maximum atomic E-state index is 11.8. The van der Waals surface area contributed by atoms with E-state index in [2.05, 4.69) is 60.7 Å². The minimum atomic E-state index is 0.0258. The molecule has 0 atom stereocenters. The van der Waals surface area contributed by atoms with Gasteiger partial charge in [0.25, 0.3) is 0 Å². The third-order valence-electron chi connectivity index (χ3n) is 3.21. The van der Waals surface area contributed by atoms with E-state index in [1.54, 1.807) is 0 Å². The first-order valence-corrected chi connectivity index (χ1v) is 8.52. The average Bonchev–Trinajstić information content (AvgIpc) is 2.93. The molecule has 5 heteroatoms. The Morgan fingerprint density at radius 2 is 2.00 bits per heavy atom. The zero-order chi connectivity index (χ0) is 15.9. The highest BCUT2D eigenvalue weighted by Gasteiger charge is 2.08. The van der Waals surface area contributed by atoms with Crippen molar-refractivity contribution in [2.24, 2.45) is 5.92 Å². The maximum Gasteiger partial charge on any atom is 0.226 e. The van der Waals surface area contributed by atoms with Gasteiger partial charge in [0.05, 0.1) is 12.1 Å². The van der Waals surface area contributed by atoms with E-state index in [9.17, 15) is 4.79 Å². The van der Waals surface area contributed by atoms with Crippen molar-refractivity contribution in [3.05, 3.63) is 40.9 Å². The van der Waals surface area contributed by atoms with Crippen LogP contribution in [-0.4, -0.2) is 17.4 Å². The molecular formula is C17H23N3OS. The molecule has 1 aromatic carbocycles. The second-order valence-electron chi connectivity index (χ2n) is 5.69. The molecule has 1 heterocycles. The number of amides is 1. The lowest BCUT2D eigenvalue weighted by Gasteiger charge is -2.06. The molecule has 0 fully saturated rings. The Kier molecular flexibility index (Phi) is 5.95. The predicted molar refractivity (Wildman–Crippen MR) is 92.8 cm³/mol. The fraction of sp³-hybridized carbons (Fsp3) is 0.412. The smallest absolute Gasteiger partial charge is 0.226 e. The first kappa shape index (κ1) is 16.5. The van der Waals surface area contributed by atoms with Crippen LogP contribution < -0.4 is 10.6 Å². The first-order chi connectivity index (χ1) is 10.6. The molecule has 0 aliphatic carbocycles. The molecule has 0 saturated heterocycles. The number of carbonyl (C=O) groups excluding carboxylic acids is 1. The van der Waals surface area contributed by atoms with Gasteiger partial charge in [0, 0.05) is 17.6 Å². The van der Waals surface area contributed by atoms with E-state index in [0.29, 0.717) is 18.9 Å². The van der Waals surface area contributed by atoms with Crippen molar-refractivity contribution in [1.82, 2.24) is 10.3 Å². The van der Waals surface area contributed by atoms with Gasteiger partial charge in [-0.05, 0) is 30.0 Å². The predicted octanol–water partition coefficient (Wildman–Crippen LogP) is 3.76. The zero-order valence-electron chi connectivity index (χ0n) is 13.3. The zero-order valence-corrected chi connectivity index (χ0v) is 14.2. The number of hydrogen-bond donors (Lipinski definition) is 2. The molecule has 0 radical (unpaired) electrons. The SMILES string of the molecule is CCc1ccc(Nc2nc(CC(=O)NCC(C)C)cs2)cc1. The number of rotatable bonds is 7. The lowest BCUT2D eigenvalue weighted by molar-refractivity contribution is -0.120. The maximum absolute atomic E-state index is 11.8. The summed E-state index contributed by atoms with van der Waals surface area (Å²) in [5.74, 6) is 0.487. The number of carbonyl (C=O) groups is 1. The minimum absolute atomic E-state index is 0.0258. The van der Waals surface area contributed by atoms with Gasteiger partial charge < -0.3 is 10.6 Å². The summed E-state index contributed by atoms with van der Waals surface area (Å²) in [5.41, 5.74) is 3.13. The lowest BCUT2D eigenvalue weighted by Crippen LogP contribution is -2.28. The van der Waals surface area contributed by atoms with Crippen molar-refractivity contribution in [2.45, 2.75) is 33.6 Å². The molecule has 0 unspecified atom stereocenters. The molecule has 0 saturated carbocycles. The topological polar surface area (TPSA) is 54.0 Å². The van der Waals surface area contributed by atoms with Crippen LogP contribution in [0.2, 0.25) is 0 Å². The van der Waals surface area contributed by atoms with E-state index < -0.39 is 0 Å². The summed E-state index contributed by atoms with van der Waals surface area (Å²) >= 11 is 1.52. The third-order valence-corrected chi connectivity index (χ3v) is 4.02. The van der Waals surface area contributed by atoms with Crippen molar-refractivity contribution >= 4 is 28.1 Å². The van der Waals surface area contributed by atoms with E-state index in [0.717, 1.165) is 22.9 Å².